The molecule has 4 nitrogen and oxygen atoms in total. The van der Waals surface area contributed by atoms with Crippen molar-refractivity contribution in [2.75, 3.05) is 26.9 Å². The SMILES string of the molecule is COCCOc1cc(C(F)(F)F)ccc1C1CCOc2cc(SOc3c(F)c(F)c(F)c(F)c3F)ccc21. The zero-order valence-corrected chi connectivity index (χ0v) is 20.3. The topological polar surface area (TPSA) is 36.9 Å². The quantitative estimate of drug-likeness (QED) is 0.0933. The molecule has 0 radical (unpaired) electrons. The summed E-state index contributed by atoms with van der Waals surface area (Å²) >= 11 is 0.337. The minimum atomic E-state index is -4.58. The maximum atomic E-state index is 13.9. The fourth-order valence-electron chi connectivity index (χ4n) is 3.85. The van der Waals surface area contributed by atoms with Crippen LogP contribution in [-0.4, -0.2) is 26.9 Å². The Morgan fingerprint density at radius 1 is 0.868 bits per heavy atom. The minimum absolute atomic E-state index is 0.0193. The van der Waals surface area contributed by atoms with Crippen molar-refractivity contribution in [3.05, 3.63) is 82.2 Å². The van der Waals surface area contributed by atoms with E-state index in [1.807, 2.05) is 0 Å². The van der Waals surface area contributed by atoms with Crippen molar-refractivity contribution in [1.82, 2.24) is 0 Å². The van der Waals surface area contributed by atoms with Gasteiger partial charge in [0.05, 0.1) is 35.7 Å². The molecule has 0 saturated heterocycles. The van der Waals surface area contributed by atoms with E-state index in [-0.39, 0.29) is 30.5 Å². The Kier molecular flexibility index (Phi) is 8.26. The molecular formula is C25H18F8O4S. The van der Waals surface area contributed by atoms with E-state index in [4.69, 9.17) is 18.4 Å². The van der Waals surface area contributed by atoms with Crippen LogP contribution in [-0.2, 0) is 10.9 Å². The van der Waals surface area contributed by atoms with Gasteiger partial charge in [-0.2, -0.15) is 22.0 Å². The average Bonchev–Trinajstić information content (AvgIpc) is 2.90. The number of alkyl halides is 3. The number of hydrogen-bond acceptors (Lipinski definition) is 5. The second-order valence-corrected chi connectivity index (χ2v) is 8.85. The zero-order valence-electron chi connectivity index (χ0n) is 19.4. The van der Waals surface area contributed by atoms with Gasteiger partial charge in [-0.25, -0.2) is 13.2 Å². The van der Waals surface area contributed by atoms with Gasteiger partial charge in [0, 0.05) is 24.2 Å². The Balaban J connectivity index is 1.61. The van der Waals surface area contributed by atoms with Crippen molar-refractivity contribution in [3.8, 4) is 17.2 Å². The molecule has 3 aromatic carbocycles. The van der Waals surface area contributed by atoms with Crippen LogP contribution in [0.5, 0.6) is 17.2 Å². The maximum Gasteiger partial charge on any atom is 0.416 e. The molecule has 0 aromatic heterocycles. The molecule has 13 heteroatoms. The standard InChI is InChI=1S/C25H18F8O4S/c1-34-8-9-36-17-10-12(25(31,32)33)2-4-15(17)14-6-7-35-18-11-13(3-5-16(14)18)38-37-24-22(29)20(27)19(26)21(28)23(24)30/h2-5,10-11,14H,6-9H2,1H3. The third-order valence-corrected chi connectivity index (χ3v) is 6.37. The number of benzene rings is 3. The van der Waals surface area contributed by atoms with Gasteiger partial charge in [0.25, 0.3) is 0 Å². The van der Waals surface area contributed by atoms with Crippen molar-refractivity contribution in [2.24, 2.45) is 0 Å². The van der Waals surface area contributed by atoms with Crippen LogP contribution in [0.15, 0.2) is 41.3 Å². The summed E-state index contributed by atoms with van der Waals surface area (Å²) in [6.45, 7) is 0.359. The largest absolute Gasteiger partial charge is 0.493 e. The summed E-state index contributed by atoms with van der Waals surface area (Å²) in [5.41, 5.74) is 0.197. The fourth-order valence-corrected chi connectivity index (χ4v) is 4.46. The first-order chi connectivity index (χ1) is 18.0. The first-order valence-corrected chi connectivity index (χ1v) is 11.7. The van der Waals surface area contributed by atoms with Gasteiger partial charge in [-0.15, -0.1) is 0 Å². The lowest BCUT2D eigenvalue weighted by atomic mass is 9.85. The molecule has 1 atom stereocenters. The molecule has 0 fully saturated rings. The summed E-state index contributed by atoms with van der Waals surface area (Å²) in [5, 5.41) is 0. The Hall–Kier alpha value is -3.19. The van der Waals surface area contributed by atoms with E-state index in [0.29, 0.717) is 35.3 Å². The second kappa shape index (κ2) is 11.3. The zero-order chi connectivity index (χ0) is 27.6. The highest BCUT2D eigenvalue weighted by atomic mass is 32.2. The summed E-state index contributed by atoms with van der Waals surface area (Å²) in [6, 6.07) is 7.65. The molecule has 0 aliphatic carbocycles. The monoisotopic (exact) mass is 566 g/mol. The van der Waals surface area contributed by atoms with Gasteiger partial charge < -0.3 is 18.4 Å². The molecule has 0 spiro atoms. The average molecular weight is 566 g/mol. The number of halogens is 8. The van der Waals surface area contributed by atoms with Crippen molar-refractivity contribution >= 4 is 12.0 Å². The first kappa shape index (κ1) is 27.8. The highest BCUT2D eigenvalue weighted by Crippen LogP contribution is 2.45. The predicted molar refractivity (Wildman–Crippen MR) is 120 cm³/mol. The smallest absolute Gasteiger partial charge is 0.416 e. The third kappa shape index (κ3) is 5.63. The van der Waals surface area contributed by atoms with Gasteiger partial charge >= 0.3 is 6.18 Å². The van der Waals surface area contributed by atoms with Crippen molar-refractivity contribution in [1.29, 1.82) is 0 Å². The highest BCUT2D eigenvalue weighted by Gasteiger charge is 2.33. The molecule has 204 valence electrons. The van der Waals surface area contributed by atoms with E-state index < -0.39 is 52.5 Å². The number of ether oxygens (including phenoxy) is 3. The van der Waals surface area contributed by atoms with Crippen molar-refractivity contribution in [3.63, 3.8) is 0 Å². The van der Waals surface area contributed by atoms with Gasteiger partial charge in [-0.05, 0) is 30.7 Å². The lowest BCUT2D eigenvalue weighted by molar-refractivity contribution is -0.137. The van der Waals surface area contributed by atoms with Gasteiger partial charge in [0.1, 0.15) is 18.1 Å². The summed E-state index contributed by atoms with van der Waals surface area (Å²) in [7, 11) is 1.43. The maximum absolute atomic E-state index is 13.9. The van der Waals surface area contributed by atoms with Crippen molar-refractivity contribution < 1.29 is 53.5 Å². The van der Waals surface area contributed by atoms with Crippen LogP contribution in [0.3, 0.4) is 0 Å². The van der Waals surface area contributed by atoms with Crippen LogP contribution in [0, 0.1) is 29.1 Å². The highest BCUT2D eigenvalue weighted by molar-refractivity contribution is 7.95. The fraction of sp³-hybridized carbons (Fsp3) is 0.280. The van der Waals surface area contributed by atoms with E-state index in [1.165, 1.54) is 25.3 Å². The van der Waals surface area contributed by atoms with E-state index >= 15 is 0 Å². The van der Waals surface area contributed by atoms with E-state index in [2.05, 4.69) is 0 Å². The Bertz CT molecular complexity index is 1300. The summed E-state index contributed by atoms with van der Waals surface area (Å²) in [5.74, 6) is -12.4. The van der Waals surface area contributed by atoms with Gasteiger partial charge in [-0.3, -0.25) is 0 Å². The normalized spacial score (nSPS) is 15.1. The number of hydrogen-bond donors (Lipinski definition) is 0. The van der Waals surface area contributed by atoms with E-state index in [1.54, 1.807) is 6.07 Å². The lowest BCUT2D eigenvalue weighted by Gasteiger charge is -2.28. The molecule has 0 amide bonds. The lowest BCUT2D eigenvalue weighted by Crippen LogP contribution is -2.17. The molecular weight excluding hydrogens is 548 g/mol. The molecule has 0 bridgehead atoms. The van der Waals surface area contributed by atoms with E-state index in [9.17, 15) is 35.1 Å². The molecule has 1 aliphatic heterocycles. The molecule has 3 aromatic rings. The molecule has 4 rings (SSSR count). The van der Waals surface area contributed by atoms with Gasteiger partial charge in [0.2, 0.25) is 34.8 Å². The van der Waals surface area contributed by atoms with Crippen LogP contribution >= 0.6 is 12.0 Å². The molecule has 38 heavy (non-hydrogen) atoms. The predicted octanol–water partition coefficient (Wildman–Crippen LogP) is 7.43. The molecule has 1 heterocycles. The number of rotatable bonds is 8. The van der Waals surface area contributed by atoms with Crippen LogP contribution in [0.2, 0.25) is 0 Å². The minimum Gasteiger partial charge on any atom is -0.493 e. The van der Waals surface area contributed by atoms with Crippen LogP contribution in [0.4, 0.5) is 35.1 Å². The molecule has 0 saturated carbocycles. The van der Waals surface area contributed by atoms with Crippen molar-refractivity contribution in [2.45, 2.75) is 23.4 Å². The first-order valence-electron chi connectivity index (χ1n) is 11.0. The molecule has 1 unspecified atom stereocenters. The summed E-state index contributed by atoms with van der Waals surface area (Å²) in [6.07, 6.45) is -4.17. The van der Waals surface area contributed by atoms with Gasteiger partial charge in [-0.1, -0.05) is 12.1 Å². The summed E-state index contributed by atoms with van der Waals surface area (Å²) < 4.78 is 129. The Labute approximate surface area is 215 Å². The van der Waals surface area contributed by atoms with Crippen LogP contribution < -0.4 is 13.7 Å². The third-order valence-electron chi connectivity index (χ3n) is 5.68. The van der Waals surface area contributed by atoms with Gasteiger partial charge in [0.15, 0.2) is 0 Å². The molecule has 0 N–H and O–H groups in total. The van der Waals surface area contributed by atoms with Crippen LogP contribution in [0.1, 0.15) is 29.0 Å². The molecule has 1 aliphatic rings. The van der Waals surface area contributed by atoms with E-state index in [0.717, 1.165) is 12.1 Å². The second-order valence-electron chi connectivity index (χ2n) is 8.05. The number of methoxy groups -OCH3 is 1. The Morgan fingerprint density at radius 3 is 2.18 bits per heavy atom. The number of fused-ring (bicyclic) bond motifs is 1. The summed E-state index contributed by atoms with van der Waals surface area (Å²) in [4.78, 5) is 0.206. The van der Waals surface area contributed by atoms with Crippen LogP contribution in [0.25, 0.3) is 0 Å². The Morgan fingerprint density at radius 2 is 1.53 bits per heavy atom.